The van der Waals surface area contributed by atoms with Crippen molar-refractivity contribution in [3.63, 3.8) is 0 Å². The Morgan fingerprint density at radius 1 is 0.732 bits per heavy atom. The van der Waals surface area contributed by atoms with Gasteiger partial charge in [0.25, 0.3) is 5.91 Å². The second-order valence-corrected chi connectivity index (χ2v) is 9.11. The quantitative estimate of drug-likeness (QED) is 0.239. The van der Waals surface area contributed by atoms with E-state index >= 15 is 0 Å². The van der Waals surface area contributed by atoms with Crippen molar-refractivity contribution in [3.8, 4) is 5.75 Å². The molecule has 0 heterocycles. The molecule has 2 amide bonds. The van der Waals surface area contributed by atoms with Crippen LogP contribution in [0.15, 0.2) is 103 Å². The number of carbonyl (C=O) groups excluding carboxylic acids is 2. The van der Waals surface area contributed by atoms with Crippen LogP contribution in [0.1, 0.15) is 32.6 Å². The molecule has 41 heavy (non-hydrogen) atoms. The lowest BCUT2D eigenvalue weighted by atomic mass is 10.1. The van der Waals surface area contributed by atoms with Crippen molar-refractivity contribution < 1.29 is 37.4 Å². The van der Waals surface area contributed by atoms with E-state index in [1.807, 2.05) is 30.3 Å². The number of carbonyl (C=O) groups is 3. The van der Waals surface area contributed by atoms with Crippen LogP contribution in [-0.4, -0.2) is 27.8 Å². The second-order valence-electron chi connectivity index (χ2n) is 9.11. The number of anilines is 1. The number of hydrogen-bond donors (Lipinski definition) is 2. The number of rotatable bonds is 9. The van der Waals surface area contributed by atoms with Crippen LogP contribution in [0.25, 0.3) is 0 Å². The molecule has 0 aromatic heterocycles. The van der Waals surface area contributed by atoms with E-state index in [2.05, 4.69) is 5.32 Å². The molecule has 0 aliphatic carbocycles. The molecule has 0 spiro atoms. The van der Waals surface area contributed by atoms with Gasteiger partial charge in [0.1, 0.15) is 12.4 Å². The summed E-state index contributed by atoms with van der Waals surface area (Å²) >= 11 is 0. The lowest BCUT2D eigenvalue weighted by Crippen LogP contribution is -2.35. The fourth-order valence-corrected chi connectivity index (χ4v) is 3.91. The number of ether oxygens (including phenoxy) is 1. The molecule has 0 aliphatic heterocycles. The minimum Gasteiger partial charge on any atom is -0.489 e. The van der Waals surface area contributed by atoms with Crippen LogP contribution in [0.2, 0.25) is 0 Å². The number of halogens is 3. The SMILES string of the molecule is O=C(O)C(=O)N(Cc1ccc(NC(=O)c2ccc(OCc3ccccc3)cc2)cc1)Cc1ccc(C(F)(F)F)cc1. The summed E-state index contributed by atoms with van der Waals surface area (Å²) in [5.41, 5.74) is 1.96. The number of alkyl halides is 3. The van der Waals surface area contributed by atoms with Gasteiger partial charge in [0.05, 0.1) is 5.56 Å². The largest absolute Gasteiger partial charge is 0.489 e. The molecule has 0 fully saturated rings. The molecule has 4 rings (SSSR count). The fraction of sp³-hybridized carbons (Fsp3) is 0.129. The summed E-state index contributed by atoms with van der Waals surface area (Å²) in [6.07, 6.45) is -4.51. The van der Waals surface area contributed by atoms with Crippen molar-refractivity contribution >= 4 is 23.5 Å². The summed E-state index contributed by atoms with van der Waals surface area (Å²) in [4.78, 5) is 37.3. The average molecular weight is 563 g/mol. The highest BCUT2D eigenvalue weighted by Gasteiger charge is 2.30. The van der Waals surface area contributed by atoms with Gasteiger partial charge in [-0.2, -0.15) is 13.2 Å². The van der Waals surface area contributed by atoms with Crippen LogP contribution < -0.4 is 10.1 Å². The second kappa shape index (κ2) is 12.8. The number of nitrogens with one attached hydrogen (secondary N) is 1. The Morgan fingerprint density at radius 2 is 1.29 bits per heavy atom. The summed E-state index contributed by atoms with van der Waals surface area (Å²) in [7, 11) is 0. The van der Waals surface area contributed by atoms with Gasteiger partial charge < -0.3 is 20.1 Å². The molecule has 0 unspecified atom stereocenters. The molecule has 4 aromatic rings. The predicted octanol–water partition coefficient (Wildman–Crippen LogP) is 6.15. The zero-order valence-corrected chi connectivity index (χ0v) is 21.6. The fourth-order valence-electron chi connectivity index (χ4n) is 3.91. The third-order valence-corrected chi connectivity index (χ3v) is 6.07. The summed E-state index contributed by atoms with van der Waals surface area (Å²) in [5.74, 6) is -2.61. The van der Waals surface area contributed by atoms with E-state index < -0.39 is 23.6 Å². The molecule has 210 valence electrons. The zero-order chi connectivity index (χ0) is 29.4. The number of hydrogen-bond acceptors (Lipinski definition) is 4. The van der Waals surface area contributed by atoms with E-state index in [-0.39, 0.29) is 19.0 Å². The van der Waals surface area contributed by atoms with Gasteiger partial charge in [-0.25, -0.2) is 4.79 Å². The van der Waals surface area contributed by atoms with Crippen molar-refractivity contribution in [2.45, 2.75) is 25.9 Å². The van der Waals surface area contributed by atoms with Crippen LogP contribution in [0.5, 0.6) is 5.75 Å². The molecule has 0 atom stereocenters. The Morgan fingerprint density at radius 3 is 1.83 bits per heavy atom. The van der Waals surface area contributed by atoms with Crippen molar-refractivity contribution in [3.05, 3.63) is 131 Å². The van der Waals surface area contributed by atoms with E-state index in [1.54, 1.807) is 48.5 Å². The Bertz CT molecular complexity index is 1490. The number of amides is 2. The zero-order valence-electron chi connectivity index (χ0n) is 21.6. The van der Waals surface area contributed by atoms with Gasteiger partial charge in [0.15, 0.2) is 0 Å². The molecular formula is C31H25F3N2O5. The lowest BCUT2D eigenvalue weighted by molar-refractivity contribution is -0.156. The highest BCUT2D eigenvalue weighted by molar-refractivity contribution is 6.31. The molecule has 10 heteroatoms. The third kappa shape index (κ3) is 8.18. The van der Waals surface area contributed by atoms with Crippen LogP contribution in [0.4, 0.5) is 18.9 Å². The van der Waals surface area contributed by atoms with Crippen LogP contribution in [-0.2, 0) is 35.5 Å². The molecule has 0 bridgehead atoms. The molecule has 0 radical (unpaired) electrons. The number of carboxylic acids is 1. The number of aliphatic carboxylic acids is 1. The highest BCUT2D eigenvalue weighted by Crippen LogP contribution is 2.29. The minimum absolute atomic E-state index is 0.106. The van der Waals surface area contributed by atoms with Crippen LogP contribution in [0.3, 0.4) is 0 Å². The maximum Gasteiger partial charge on any atom is 0.416 e. The first-order valence-electron chi connectivity index (χ1n) is 12.4. The van der Waals surface area contributed by atoms with Gasteiger partial charge in [0, 0.05) is 24.3 Å². The van der Waals surface area contributed by atoms with Crippen molar-refractivity contribution in [1.29, 1.82) is 0 Å². The monoisotopic (exact) mass is 562 g/mol. The van der Waals surface area contributed by atoms with E-state index in [0.29, 0.717) is 34.7 Å². The van der Waals surface area contributed by atoms with E-state index in [0.717, 1.165) is 22.6 Å². The maximum absolute atomic E-state index is 12.8. The highest BCUT2D eigenvalue weighted by atomic mass is 19.4. The summed E-state index contributed by atoms with van der Waals surface area (Å²) < 4.78 is 44.2. The van der Waals surface area contributed by atoms with Gasteiger partial charge in [-0.15, -0.1) is 0 Å². The Balaban J connectivity index is 1.35. The maximum atomic E-state index is 12.8. The summed E-state index contributed by atoms with van der Waals surface area (Å²) in [6, 6.07) is 26.9. The lowest BCUT2D eigenvalue weighted by Gasteiger charge is -2.21. The molecule has 0 saturated carbocycles. The van der Waals surface area contributed by atoms with Crippen molar-refractivity contribution in [2.75, 3.05) is 5.32 Å². The van der Waals surface area contributed by atoms with Gasteiger partial charge in [-0.3, -0.25) is 9.59 Å². The van der Waals surface area contributed by atoms with Gasteiger partial charge >= 0.3 is 18.1 Å². The molecule has 0 saturated heterocycles. The number of nitrogens with zero attached hydrogens (tertiary/aromatic N) is 1. The first-order valence-corrected chi connectivity index (χ1v) is 12.4. The van der Waals surface area contributed by atoms with Gasteiger partial charge in [0.2, 0.25) is 0 Å². The van der Waals surface area contributed by atoms with Crippen LogP contribution >= 0.6 is 0 Å². The topological polar surface area (TPSA) is 95.9 Å². The molecule has 4 aromatic carbocycles. The van der Waals surface area contributed by atoms with Crippen molar-refractivity contribution in [2.24, 2.45) is 0 Å². The number of benzene rings is 4. The molecule has 7 nitrogen and oxygen atoms in total. The predicted molar refractivity (Wildman–Crippen MR) is 145 cm³/mol. The average Bonchev–Trinajstić information content (AvgIpc) is 2.97. The Kier molecular flexibility index (Phi) is 9.03. The van der Waals surface area contributed by atoms with E-state index in [9.17, 15) is 32.7 Å². The van der Waals surface area contributed by atoms with Gasteiger partial charge in [-0.1, -0.05) is 54.6 Å². The summed E-state index contributed by atoms with van der Waals surface area (Å²) in [6.45, 7) is 0.0935. The first kappa shape index (κ1) is 28.9. The van der Waals surface area contributed by atoms with E-state index in [1.165, 1.54) is 12.1 Å². The van der Waals surface area contributed by atoms with Crippen molar-refractivity contribution in [1.82, 2.24) is 4.90 Å². The smallest absolute Gasteiger partial charge is 0.416 e. The minimum atomic E-state index is -4.51. The Hall–Kier alpha value is -5.12. The molecular weight excluding hydrogens is 537 g/mol. The molecule has 0 aliphatic rings. The Labute approximate surface area is 233 Å². The first-order chi connectivity index (χ1) is 19.6. The number of carboxylic acid groups (broad SMARTS) is 1. The third-order valence-electron chi connectivity index (χ3n) is 6.07. The van der Waals surface area contributed by atoms with Crippen LogP contribution in [0, 0.1) is 0 Å². The molecule has 2 N–H and O–H groups in total. The van der Waals surface area contributed by atoms with E-state index in [4.69, 9.17) is 4.74 Å². The standard InChI is InChI=1S/C31H25F3N2O5/c32-31(33,34)25-12-6-21(7-13-25)18-36(29(38)30(39)40)19-22-8-14-26(15-9-22)35-28(37)24-10-16-27(17-11-24)41-20-23-4-2-1-3-5-23/h1-17H,18-20H2,(H,35,37)(H,39,40). The van der Waals surface area contributed by atoms with Gasteiger partial charge in [-0.05, 0) is 65.2 Å². The normalized spacial score (nSPS) is 11.0. The summed E-state index contributed by atoms with van der Waals surface area (Å²) in [5, 5.41) is 12.0.